The Kier molecular flexibility index (Phi) is 4.58. The molecule has 0 unspecified atom stereocenters. The monoisotopic (exact) mass is 321 g/mol. The molecule has 122 valence electrons. The molecule has 1 fully saturated rings. The number of aliphatic hydroxyl groups excluding tert-OH is 1. The number of carbonyl (C=O) groups excluding carboxylic acids is 1. The molecule has 23 heavy (non-hydrogen) atoms. The van der Waals surface area contributed by atoms with Crippen LogP contribution in [0.3, 0.4) is 0 Å². The quantitative estimate of drug-likeness (QED) is 0.834. The van der Waals surface area contributed by atoms with Crippen LogP contribution < -0.4 is 0 Å². The van der Waals surface area contributed by atoms with Crippen LogP contribution >= 0.6 is 0 Å². The van der Waals surface area contributed by atoms with Gasteiger partial charge in [-0.1, -0.05) is 0 Å². The molecule has 0 spiro atoms. The number of ether oxygens (including phenoxy) is 1. The molecule has 1 saturated heterocycles. The van der Waals surface area contributed by atoms with Crippen molar-refractivity contribution in [3.05, 3.63) is 30.1 Å². The molecule has 0 saturated carbocycles. The molecule has 0 bridgehead atoms. The molecule has 1 atom stereocenters. The van der Waals surface area contributed by atoms with Crippen LogP contribution in [0.15, 0.2) is 24.3 Å². The maximum atomic E-state index is 12.9. The summed E-state index contributed by atoms with van der Waals surface area (Å²) in [7, 11) is 0. The number of carbonyl (C=O) groups is 1. The minimum absolute atomic E-state index is 0.0824. The van der Waals surface area contributed by atoms with Crippen molar-refractivity contribution in [3.63, 3.8) is 0 Å². The largest absolute Gasteiger partial charge is 0.389 e. The van der Waals surface area contributed by atoms with Crippen molar-refractivity contribution in [2.24, 2.45) is 0 Å². The van der Waals surface area contributed by atoms with E-state index in [1.165, 1.54) is 21.8 Å². The lowest BCUT2D eigenvalue weighted by molar-refractivity contribution is -0.133. The SMILES string of the molecule is O=C(Cn1nnc(-c2ccc(F)cc2)n1)N1CCOC[C@@H](O)C1. The summed E-state index contributed by atoms with van der Waals surface area (Å²) in [5.74, 6) is -0.257. The van der Waals surface area contributed by atoms with Crippen LogP contribution in [0.1, 0.15) is 0 Å². The molecule has 1 aromatic heterocycles. The molecular weight excluding hydrogens is 305 g/mol. The third kappa shape index (κ3) is 3.88. The summed E-state index contributed by atoms with van der Waals surface area (Å²) in [6.45, 7) is 1.16. The van der Waals surface area contributed by atoms with Crippen LogP contribution in [0.4, 0.5) is 4.39 Å². The summed E-state index contributed by atoms with van der Waals surface area (Å²) < 4.78 is 18.1. The first-order valence-corrected chi connectivity index (χ1v) is 7.19. The van der Waals surface area contributed by atoms with Crippen molar-refractivity contribution in [1.82, 2.24) is 25.1 Å². The molecular formula is C14H16FN5O3. The Morgan fingerprint density at radius 3 is 2.96 bits per heavy atom. The number of aromatic nitrogens is 4. The van der Waals surface area contributed by atoms with E-state index in [4.69, 9.17) is 4.74 Å². The van der Waals surface area contributed by atoms with Gasteiger partial charge in [0.1, 0.15) is 12.4 Å². The van der Waals surface area contributed by atoms with E-state index in [0.29, 0.717) is 24.5 Å². The van der Waals surface area contributed by atoms with Crippen LogP contribution in [0.2, 0.25) is 0 Å². The van der Waals surface area contributed by atoms with Crippen LogP contribution in [0.5, 0.6) is 0 Å². The van der Waals surface area contributed by atoms with Gasteiger partial charge in [-0.25, -0.2) is 4.39 Å². The lowest BCUT2D eigenvalue weighted by Crippen LogP contribution is -2.39. The van der Waals surface area contributed by atoms with Gasteiger partial charge >= 0.3 is 0 Å². The Morgan fingerprint density at radius 1 is 1.39 bits per heavy atom. The highest BCUT2D eigenvalue weighted by Crippen LogP contribution is 2.13. The number of benzene rings is 1. The van der Waals surface area contributed by atoms with E-state index in [9.17, 15) is 14.3 Å². The molecule has 2 aromatic rings. The zero-order valence-electron chi connectivity index (χ0n) is 12.3. The predicted molar refractivity (Wildman–Crippen MR) is 76.6 cm³/mol. The van der Waals surface area contributed by atoms with Crippen molar-refractivity contribution in [3.8, 4) is 11.4 Å². The van der Waals surface area contributed by atoms with Gasteiger partial charge in [-0.05, 0) is 29.5 Å². The molecule has 0 aliphatic carbocycles. The average Bonchev–Trinajstić information content (AvgIpc) is 2.88. The van der Waals surface area contributed by atoms with Gasteiger partial charge in [0.2, 0.25) is 11.7 Å². The fraction of sp³-hybridized carbons (Fsp3) is 0.429. The normalized spacial score (nSPS) is 18.7. The minimum atomic E-state index is -0.695. The third-order valence-corrected chi connectivity index (χ3v) is 3.43. The Labute approximate surface area is 131 Å². The Balaban J connectivity index is 1.66. The van der Waals surface area contributed by atoms with Gasteiger partial charge in [-0.3, -0.25) is 4.79 Å². The van der Waals surface area contributed by atoms with E-state index in [-0.39, 0.29) is 31.4 Å². The number of amides is 1. The first-order chi connectivity index (χ1) is 11.1. The molecule has 9 heteroatoms. The molecule has 1 aromatic carbocycles. The lowest BCUT2D eigenvalue weighted by Gasteiger charge is -2.20. The molecule has 2 heterocycles. The van der Waals surface area contributed by atoms with Gasteiger partial charge in [0.15, 0.2) is 0 Å². The first-order valence-electron chi connectivity index (χ1n) is 7.19. The second-order valence-corrected chi connectivity index (χ2v) is 5.22. The second-order valence-electron chi connectivity index (χ2n) is 5.22. The number of rotatable bonds is 3. The van der Waals surface area contributed by atoms with Crippen LogP contribution in [-0.2, 0) is 16.1 Å². The molecule has 1 aliphatic rings. The Bertz CT molecular complexity index is 675. The number of tetrazole rings is 1. The maximum absolute atomic E-state index is 12.9. The van der Waals surface area contributed by atoms with Gasteiger partial charge in [0.05, 0.1) is 19.3 Å². The topological polar surface area (TPSA) is 93.4 Å². The number of hydrogen-bond donors (Lipinski definition) is 1. The van der Waals surface area contributed by atoms with E-state index in [1.807, 2.05) is 0 Å². The van der Waals surface area contributed by atoms with Gasteiger partial charge < -0.3 is 14.7 Å². The Morgan fingerprint density at radius 2 is 2.17 bits per heavy atom. The molecule has 3 rings (SSSR count). The van der Waals surface area contributed by atoms with Crippen LogP contribution in [0, 0.1) is 5.82 Å². The van der Waals surface area contributed by atoms with E-state index in [2.05, 4.69) is 15.4 Å². The summed E-state index contributed by atoms with van der Waals surface area (Å²) in [6.07, 6.45) is -0.695. The lowest BCUT2D eigenvalue weighted by atomic mass is 10.2. The van der Waals surface area contributed by atoms with E-state index < -0.39 is 6.10 Å². The third-order valence-electron chi connectivity index (χ3n) is 3.43. The van der Waals surface area contributed by atoms with Crippen LogP contribution in [-0.4, -0.2) is 68.5 Å². The highest BCUT2D eigenvalue weighted by molar-refractivity contribution is 5.75. The summed E-state index contributed by atoms with van der Waals surface area (Å²) in [5, 5.41) is 21.5. The van der Waals surface area contributed by atoms with Gasteiger partial charge in [-0.15, -0.1) is 10.2 Å². The maximum Gasteiger partial charge on any atom is 0.246 e. The number of aliphatic hydroxyl groups is 1. The van der Waals surface area contributed by atoms with Gasteiger partial charge in [0.25, 0.3) is 0 Å². The van der Waals surface area contributed by atoms with Gasteiger partial charge in [-0.2, -0.15) is 4.80 Å². The molecule has 1 amide bonds. The van der Waals surface area contributed by atoms with E-state index in [0.717, 1.165) is 0 Å². The van der Waals surface area contributed by atoms with E-state index >= 15 is 0 Å². The summed E-state index contributed by atoms with van der Waals surface area (Å²) in [5.41, 5.74) is 0.615. The number of halogens is 1. The summed E-state index contributed by atoms with van der Waals surface area (Å²) >= 11 is 0. The van der Waals surface area contributed by atoms with Crippen molar-refractivity contribution in [2.75, 3.05) is 26.3 Å². The van der Waals surface area contributed by atoms with Gasteiger partial charge in [0, 0.05) is 18.7 Å². The van der Waals surface area contributed by atoms with Crippen molar-refractivity contribution < 1.29 is 19.0 Å². The Hall–Kier alpha value is -2.39. The van der Waals surface area contributed by atoms with Crippen molar-refractivity contribution >= 4 is 5.91 Å². The number of nitrogens with zero attached hydrogens (tertiary/aromatic N) is 5. The highest BCUT2D eigenvalue weighted by Gasteiger charge is 2.22. The summed E-state index contributed by atoms with van der Waals surface area (Å²) in [4.78, 5) is 14.9. The summed E-state index contributed by atoms with van der Waals surface area (Å²) in [6, 6.07) is 5.70. The molecule has 1 aliphatic heterocycles. The average molecular weight is 321 g/mol. The fourth-order valence-corrected chi connectivity index (χ4v) is 2.26. The zero-order valence-corrected chi connectivity index (χ0v) is 12.3. The molecule has 1 N–H and O–H groups in total. The number of β-amino-alcohol motifs (C(OH)–C–C–N with tert-alkyl or cyclic N) is 1. The fourth-order valence-electron chi connectivity index (χ4n) is 2.26. The smallest absolute Gasteiger partial charge is 0.246 e. The predicted octanol–water partition coefficient (Wildman–Crippen LogP) is -0.301. The van der Waals surface area contributed by atoms with Crippen molar-refractivity contribution in [1.29, 1.82) is 0 Å². The molecule has 8 nitrogen and oxygen atoms in total. The zero-order chi connectivity index (χ0) is 16.2. The minimum Gasteiger partial charge on any atom is -0.389 e. The van der Waals surface area contributed by atoms with Crippen molar-refractivity contribution in [2.45, 2.75) is 12.6 Å². The molecule has 0 radical (unpaired) electrons. The van der Waals surface area contributed by atoms with Crippen LogP contribution in [0.25, 0.3) is 11.4 Å². The highest BCUT2D eigenvalue weighted by atomic mass is 19.1. The van der Waals surface area contributed by atoms with E-state index in [1.54, 1.807) is 12.1 Å². The number of hydrogen-bond acceptors (Lipinski definition) is 6. The second kappa shape index (κ2) is 6.80. The first kappa shape index (κ1) is 15.5. The standard InChI is InChI=1S/C14H16FN5O3/c15-11-3-1-10(2-4-11)14-16-18-20(17-14)8-13(22)19-5-6-23-9-12(21)7-19/h1-4,12,21H,5-9H2/t12-/m0/s1.